The second kappa shape index (κ2) is 15.4. The predicted molar refractivity (Wildman–Crippen MR) is 164 cm³/mol. The number of nitrogens with zero attached hydrogens (tertiary/aromatic N) is 2. The smallest absolute Gasteiger partial charge is 0.315 e. The molecule has 9 heteroatoms. The minimum absolute atomic E-state index is 0.382. The van der Waals surface area contributed by atoms with Gasteiger partial charge in [-0.2, -0.15) is 0 Å². The average molecular weight is 599 g/mol. The van der Waals surface area contributed by atoms with Crippen LogP contribution in [0.4, 0.5) is 0 Å². The van der Waals surface area contributed by atoms with Crippen LogP contribution in [-0.4, -0.2) is 66.2 Å². The third-order valence-electron chi connectivity index (χ3n) is 7.90. The molecule has 5 rings (SSSR count). The number of carboxylic acid groups (broad SMARTS) is 1. The molecule has 0 unspecified atom stereocenters. The van der Waals surface area contributed by atoms with Gasteiger partial charge >= 0.3 is 11.9 Å². The van der Waals surface area contributed by atoms with Gasteiger partial charge in [0.1, 0.15) is 5.75 Å². The van der Waals surface area contributed by atoms with Gasteiger partial charge in [-0.05, 0) is 30.2 Å². The maximum atomic E-state index is 13.8. The van der Waals surface area contributed by atoms with E-state index in [9.17, 15) is 14.7 Å². The van der Waals surface area contributed by atoms with Crippen molar-refractivity contribution in [2.24, 2.45) is 11.8 Å². The molecule has 1 aromatic heterocycles. The number of esters is 1. The fourth-order valence-electron chi connectivity index (χ4n) is 5.82. The summed E-state index contributed by atoms with van der Waals surface area (Å²) in [6.45, 7) is 5.95. The Bertz CT molecular complexity index is 1440. The van der Waals surface area contributed by atoms with Gasteiger partial charge in [0.05, 0.1) is 56.9 Å². The maximum Gasteiger partial charge on any atom is 0.315 e. The van der Waals surface area contributed by atoms with Crippen molar-refractivity contribution in [1.29, 1.82) is 0 Å². The molecule has 44 heavy (non-hydrogen) atoms. The molecule has 0 bridgehead atoms. The summed E-state index contributed by atoms with van der Waals surface area (Å²) in [6.07, 6.45) is 3.66. The first-order valence-electron chi connectivity index (χ1n) is 15.0. The third kappa shape index (κ3) is 7.60. The minimum Gasteiger partial charge on any atom is -0.481 e. The van der Waals surface area contributed by atoms with Gasteiger partial charge in [-0.3, -0.25) is 9.59 Å². The maximum absolute atomic E-state index is 13.8. The molecule has 0 spiro atoms. The van der Waals surface area contributed by atoms with Crippen LogP contribution in [0.1, 0.15) is 29.9 Å². The summed E-state index contributed by atoms with van der Waals surface area (Å²) in [4.78, 5) is 30.8. The molecule has 0 amide bonds. The first kappa shape index (κ1) is 31.1. The van der Waals surface area contributed by atoms with E-state index in [1.54, 1.807) is 18.5 Å². The first-order valence-corrected chi connectivity index (χ1v) is 15.0. The Balaban J connectivity index is 1.23. The summed E-state index contributed by atoms with van der Waals surface area (Å²) >= 11 is 0. The number of carbonyl (C=O) groups is 2. The number of carboxylic acids is 1. The number of carbonyl (C=O) groups excluding carboxylic acids is 1. The summed E-state index contributed by atoms with van der Waals surface area (Å²) in [5.41, 5.74) is 3.16. The molecular formula is C35H38N2O7. The topological polar surface area (TPSA) is 109 Å². The van der Waals surface area contributed by atoms with Crippen molar-refractivity contribution in [2.45, 2.75) is 25.3 Å². The molecule has 0 saturated heterocycles. The van der Waals surface area contributed by atoms with Crippen LogP contribution in [0.2, 0.25) is 0 Å². The van der Waals surface area contributed by atoms with Crippen LogP contribution in [0, 0.1) is 11.8 Å². The Morgan fingerprint density at radius 1 is 0.773 bits per heavy atom. The van der Waals surface area contributed by atoms with E-state index in [4.69, 9.17) is 18.9 Å². The SMILES string of the molecule is CCOCCOCCOCCn1cnc(-c2cccc(OC(=O)C3[C@@H](c4ccccc4)C(C(=O)O)[C@@H]3c3ccccc3)c2)c1. The van der Waals surface area contributed by atoms with E-state index >= 15 is 0 Å². The quantitative estimate of drug-likeness (QED) is 0.103. The molecule has 2 atom stereocenters. The number of rotatable bonds is 16. The summed E-state index contributed by atoms with van der Waals surface area (Å²) in [5, 5.41) is 10.2. The van der Waals surface area contributed by atoms with Crippen LogP contribution in [-0.2, 0) is 30.3 Å². The van der Waals surface area contributed by atoms with E-state index in [0.29, 0.717) is 51.9 Å². The third-order valence-corrected chi connectivity index (χ3v) is 7.90. The largest absolute Gasteiger partial charge is 0.481 e. The highest BCUT2D eigenvalue weighted by atomic mass is 16.5. The molecule has 1 N–H and O–H groups in total. The van der Waals surface area contributed by atoms with Gasteiger partial charge in [0, 0.05) is 36.7 Å². The lowest BCUT2D eigenvalue weighted by Gasteiger charge is -2.48. The lowest BCUT2D eigenvalue weighted by atomic mass is 9.52. The zero-order chi connectivity index (χ0) is 30.7. The van der Waals surface area contributed by atoms with Crippen LogP contribution in [0.15, 0.2) is 97.5 Å². The zero-order valence-electron chi connectivity index (χ0n) is 24.8. The molecule has 1 fully saturated rings. The molecule has 4 aromatic rings. The van der Waals surface area contributed by atoms with Gasteiger partial charge in [-0.15, -0.1) is 0 Å². The molecule has 230 valence electrons. The van der Waals surface area contributed by atoms with Crippen LogP contribution >= 0.6 is 0 Å². The van der Waals surface area contributed by atoms with E-state index in [0.717, 1.165) is 22.4 Å². The van der Waals surface area contributed by atoms with Crippen molar-refractivity contribution in [3.8, 4) is 17.0 Å². The molecule has 1 heterocycles. The molecule has 3 aromatic carbocycles. The van der Waals surface area contributed by atoms with Crippen molar-refractivity contribution in [1.82, 2.24) is 9.55 Å². The molecule has 1 aliphatic rings. The average Bonchev–Trinajstić information content (AvgIpc) is 3.50. The predicted octanol–water partition coefficient (Wildman–Crippen LogP) is 5.42. The number of aromatic nitrogens is 2. The summed E-state index contributed by atoms with van der Waals surface area (Å²) < 4.78 is 24.2. The van der Waals surface area contributed by atoms with E-state index < -0.39 is 35.6 Å². The van der Waals surface area contributed by atoms with Gasteiger partial charge < -0.3 is 28.6 Å². The van der Waals surface area contributed by atoms with E-state index in [1.807, 2.05) is 90.5 Å². The van der Waals surface area contributed by atoms with Crippen LogP contribution in [0.25, 0.3) is 11.3 Å². The second-order valence-corrected chi connectivity index (χ2v) is 10.6. The Morgan fingerprint density at radius 3 is 2.00 bits per heavy atom. The van der Waals surface area contributed by atoms with Crippen LogP contribution < -0.4 is 4.74 Å². The van der Waals surface area contributed by atoms with Crippen molar-refractivity contribution >= 4 is 11.9 Å². The number of imidazole rings is 1. The van der Waals surface area contributed by atoms with Crippen LogP contribution in [0.3, 0.4) is 0 Å². The fraction of sp³-hybridized carbons (Fsp3) is 0.343. The molecular weight excluding hydrogens is 560 g/mol. The van der Waals surface area contributed by atoms with Crippen molar-refractivity contribution in [2.75, 3.05) is 39.6 Å². The Hall–Kier alpha value is -4.31. The summed E-state index contributed by atoms with van der Waals surface area (Å²) in [5.74, 6) is -3.41. The Labute approximate surface area is 257 Å². The lowest BCUT2D eigenvalue weighted by molar-refractivity contribution is -0.158. The second-order valence-electron chi connectivity index (χ2n) is 10.6. The molecule has 9 nitrogen and oxygen atoms in total. The molecule has 1 aliphatic carbocycles. The number of benzene rings is 3. The van der Waals surface area contributed by atoms with Crippen molar-refractivity contribution in [3.63, 3.8) is 0 Å². The number of aliphatic carboxylic acids is 1. The van der Waals surface area contributed by atoms with E-state index in [2.05, 4.69) is 4.98 Å². The van der Waals surface area contributed by atoms with E-state index in [1.165, 1.54) is 0 Å². The van der Waals surface area contributed by atoms with Gasteiger partial charge in [0.2, 0.25) is 0 Å². The first-order chi connectivity index (χ1) is 21.6. The number of hydrogen-bond acceptors (Lipinski definition) is 7. The van der Waals surface area contributed by atoms with Gasteiger partial charge in [-0.1, -0.05) is 72.8 Å². The van der Waals surface area contributed by atoms with Gasteiger partial charge in [0.15, 0.2) is 0 Å². The van der Waals surface area contributed by atoms with Crippen LogP contribution in [0.5, 0.6) is 5.75 Å². The van der Waals surface area contributed by atoms with Gasteiger partial charge in [-0.25, -0.2) is 4.98 Å². The highest BCUT2D eigenvalue weighted by Crippen LogP contribution is 2.58. The van der Waals surface area contributed by atoms with Gasteiger partial charge in [0.25, 0.3) is 0 Å². The highest BCUT2D eigenvalue weighted by Gasteiger charge is 2.59. The lowest BCUT2D eigenvalue weighted by Crippen LogP contribution is -2.52. The standard InChI is InChI=1S/C35H38N2O7/c1-2-41-18-19-43-21-20-42-17-16-37-23-29(36-24-37)27-14-9-15-28(22-27)44-35(40)33-30(25-10-5-3-6-11-25)32(34(38)39)31(33)26-12-7-4-8-13-26/h3-15,22-24,30-33H,2,16-21H2,1H3,(H,38,39)/t30-,31-,32?,33?/m0/s1. The summed E-state index contributed by atoms with van der Waals surface area (Å²) in [7, 11) is 0. The Kier molecular flexibility index (Phi) is 10.9. The molecule has 1 saturated carbocycles. The number of ether oxygens (including phenoxy) is 4. The minimum atomic E-state index is -0.925. The molecule has 0 radical (unpaired) electrons. The zero-order valence-corrected chi connectivity index (χ0v) is 24.8. The van der Waals surface area contributed by atoms with Crippen molar-refractivity contribution in [3.05, 3.63) is 109 Å². The monoisotopic (exact) mass is 598 g/mol. The van der Waals surface area contributed by atoms with E-state index in [-0.39, 0.29) is 0 Å². The Morgan fingerprint density at radius 2 is 1.39 bits per heavy atom. The highest BCUT2D eigenvalue weighted by molar-refractivity contribution is 5.85. The fourth-order valence-corrected chi connectivity index (χ4v) is 5.82. The van der Waals surface area contributed by atoms with Crippen molar-refractivity contribution < 1.29 is 33.6 Å². The summed E-state index contributed by atoms with van der Waals surface area (Å²) in [6, 6.07) is 25.9. The number of hydrogen-bond donors (Lipinski definition) is 1. The normalized spacial score (nSPS) is 19.3. The molecule has 0 aliphatic heterocycles.